The highest BCUT2D eigenvalue weighted by Crippen LogP contribution is 2.20. The molecule has 1 N–H and O–H groups in total. The van der Waals surface area contributed by atoms with Gasteiger partial charge in [0, 0.05) is 29.9 Å². The molecule has 8 nitrogen and oxygen atoms in total. The second-order valence-electron chi connectivity index (χ2n) is 8.59. The van der Waals surface area contributed by atoms with E-state index in [0.29, 0.717) is 23.6 Å². The van der Waals surface area contributed by atoms with Gasteiger partial charge in [-0.25, -0.2) is 13.9 Å². The van der Waals surface area contributed by atoms with Gasteiger partial charge in [0.25, 0.3) is 5.56 Å². The average molecular weight is 476 g/mol. The lowest BCUT2D eigenvalue weighted by atomic mass is 10.2. The summed E-state index contributed by atoms with van der Waals surface area (Å²) in [4.78, 5) is 26.9. The van der Waals surface area contributed by atoms with Crippen molar-refractivity contribution in [2.24, 2.45) is 0 Å². The van der Waals surface area contributed by atoms with Crippen molar-refractivity contribution in [3.63, 3.8) is 0 Å². The zero-order valence-corrected chi connectivity index (χ0v) is 19.2. The van der Waals surface area contributed by atoms with Crippen molar-refractivity contribution < 1.29 is 13.9 Å². The first kappa shape index (κ1) is 22.8. The Morgan fingerprint density at radius 1 is 1.06 bits per heavy atom. The molecule has 180 valence electrons. The van der Waals surface area contributed by atoms with Gasteiger partial charge in [0.15, 0.2) is 5.82 Å². The van der Waals surface area contributed by atoms with Crippen molar-refractivity contribution in [1.29, 1.82) is 0 Å². The molecule has 5 rings (SSSR count). The molecule has 0 saturated carbocycles. The van der Waals surface area contributed by atoms with Crippen LogP contribution in [0.2, 0.25) is 0 Å². The van der Waals surface area contributed by atoms with Crippen LogP contribution in [0.4, 0.5) is 14.9 Å². The highest BCUT2D eigenvalue weighted by molar-refractivity contribution is 5.84. The predicted octanol–water partition coefficient (Wildman–Crippen LogP) is 4.02. The maximum atomic E-state index is 13.8. The molecule has 2 aromatic carbocycles. The van der Waals surface area contributed by atoms with Crippen LogP contribution >= 0.6 is 0 Å². The van der Waals surface area contributed by atoms with E-state index in [0.717, 1.165) is 30.6 Å². The number of rotatable bonds is 7. The Morgan fingerprint density at radius 3 is 2.77 bits per heavy atom. The summed E-state index contributed by atoms with van der Waals surface area (Å²) in [6, 6.07) is 16.7. The predicted molar refractivity (Wildman–Crippen MR) is 131 cm³/mol. The fourth-order valence-electron chi connectivity index (χ4n) is 4.33. The molecule has 4 aromatic rings. The molecule has 0 radical (unpaired) electrons. The molecule has 1 amide bonds. The number of carbonyl (C=O) groups is 1. The van der Waals surface area contributed by atoms with Gasteiger partial charge in [0.1, 0.15) is 12.4 Å². The van der Waals surface area contributed by atoms with Gasteiger partial charge in [-0.05, 0) is 74.0 Å². The van der Waals surface area contributed by atoms with Gasteiger partial charge in [-0.3, -0.25) is 19.6 Å². The number of benzene rings is 2. The maximum Gasteiger partial charge on any atom is 0.411 e. The maximum absolute atomic E-state index is 13.8. The zero-order valence-electron chi connectivity index (χ0n) is 19.2. The molecule has 0 atom stereocenters. The number of halogens is 1. The van der Waals surface area contributed by atoms with Crippen LogP contribution in [0.25, 0.3) is 16.7 Å². The summed E-state index contributed by atoms with van der Waals surface area (Å²) >= 11 is 0. The first-order valence-electron chi connectivity index (χ1n) is 11.7. The van der Waals surface area contributed by atoms with Crippen LogP contribution in [-0.2, 0) is 11.3 Å². The number of likely N-dealkylation sites (tertiary alicyclic amines) is 1. The highest BCUT2D eigenvalue weighted by Gasteiger charge is 2.12. The number of amides is 1. The summed E-state index contributed by atoms with van der Waals surface area (Å²) in [5.74, 6) is 0.158. The Kier molecular flexibility index (Phi) is 6.58. The Morgan fingerprint density at radius 2 is 1.91 bits per heavy atom. The van der Waals surface area contributed by atoms with E-state index < -0.39 is 6.09 Å². The average Bonchev–Trinajstić information content (AvgIpc) is 3.51. The lowest BCUT2D eigenvalue weighted by Gasteiger charge is -2.14. The summed E-state index contributed by atoms with van der Waals surface area (Å²) in [5, 5.41) is 8.10. The van der Waals surface area contributed by atoms with E-state index >= 15 is 0 Å². The number of hydrogen-bond acceptors (Lipinski definition) is 5. The Balaban J connectivity index is 1.28. The van der Waals surface area contributed by atoms with E-state index in [1.807, 2.05) is 12.1 Å². The molecule has 2 aromatic heterocycles. The number of fused-ring (bicyclic) bond motifs is 1. The van der Waals surface area contributed by atoms with E-state index in [1.165, 1.54) is 35.7 Å². The minimum atomic E-state index is -0.509. The van der Waals surface area contributed by atoms with Crippen LogP contribution in [0.3, 0.4) is 0 Å². The number of aromatic nitrogens is 3. The molecule has 9 heteroatoms. The monoisotopic (exact) mass is 475 g/mol. The van der Waals surface area contributed by atoms with Gasteiger partial charge in [-0.1, -0.05) is 12.1 Å². The minimum absolute atomic E-state index is 0.208. The summed E-state index contributed by atoms with van der Waals surface area (Å²) in [6.07, 6.45) is 3.67. The highest BCUT2D eigenvalue weighted by atomic mass is 19.1. The first-order chi connectivity index (χ1) is 17.0. The third kappa shape index (κ3) is 5.41. The molecule has 3 heterocycles. The molecular formula is C26H26FN5O3. The Labute approximate surface area is 201 Å². The summed E-state index contributed by atoms with van der Waals surface area (Å²) in [7, 11) is 0. The van der Waals surface area contributed by atoms with Crippen LogP contribution in [0, 0.1) is 5.82 Å². The van der Waals surface area contributed by atoms with Crippen molar-refractivity contribution in [3.05, 3.63) is 88.6 Å². The summed E-state index contributed by atoms with van der Waals surface area (Å²) < 4.78 is 22.2. The standard InChI is InChI=1S/C26H26FN5O3/c27-21-7-6-20-10-13-31(23(20)17-21)24-8-9-25(33)32(29-24)18-19-4-3-5-22(16-19)28-26(34)35-15-14-30-11-1-2-12-30/h3-10,13,16-17H,1-2,11-12,14-15,18H2,(H,28,34). The quantitative estimate of drug-likeness (QED) is 0.437. The number of hydrogen-bond donors (Lipinski definition) is 1. The van der Waals surface area contributed by atoms with E-state index in [4.69, 9.17) is 4.74 Å². The molecule has 0 aliphatic carbocycles. The molecule has 35 heavy (non-hydrogen) atoms. The van der Waals surface area contributed by atoms with Crippen LogP contribution in [0.5, 0.6) is 0 Å². The number of nitrogens with one attached hydrogen (secondary N) is 1. The van der Waals surface area contributed by atoms with Gasteiger partial charge < -0.3 is 4.74 Å². The zero-order chi connectivity index (χ0) is 24.2. The first-order valence-corrected chi connectivity index (χ1v) is 11.7. The third-order valence-electron chi connectivity index (χ3n) is 6.10. The SMILES string of the molecule is O=C(Nc1cccc(Cn2nc(-n3ccc4ccc(F)cc43)ccc2=O)c1)OCCN1CCCC1. The molecule has 1 fully saturated rings. The fraction of sp³-hybridized carbons (Fsp3) is 0.269. The number of anilines is 1. The lowest BCUT2D eigenvalue weighted by molar-refractivity contribution is 0.146. The number of nitrogens with zero attached hydrogens (tertiary/aromatic N) is 4. The van der Waals surface area contributed by atoms with Crippen molar-refractivity contribution in [1.82, 2.24) is 19.2 Å². The molecule has 0 bridgehead atoms. The lowest BCUT2D eigenvalue weighted by Crippen LogP contribution is -2.26. The van der Waals surface area contributed by atoms with Crippen LogP contribution in [0.15, 0.2) is 71.7 Å². The number of ether oxygens (including phenoxy) is 1. The van der Waals surface area contributed by atoms with Gasteiger partial charge in [-0.15, -0.1) is 0 Å². The molecule has 1 aliphatic rings. The van der Waals surface area contributed by atoms with Crippen molar-refractivity contribution in [3.8, 4) is 5.82 Å². The Bertz CT molecular complexity index is 1410. The van der Waals surface area contributed by atoms with E-state index in [9.17, 15) is 14.0 Å². The summed E-state index contributed by atoms with van der Waals surface area (Å²) in [5.41, 5.74) is 1.76. The second kappa shape index (κ2) is 10.1. The molecular weight excluding hydrogens is 449 g/mol. The van der Waals surface area contributed by atoms with Gasteiger partial charge in [0.2, 0.25) is 0 Å². The van der Waals surface area contributed by atoms with Gasteiger partial charge in [0.05, 0.1) is 12.1 Å². The normalized spacial score (nSPS) is 13.9. The molecule has 1 aliphatic heterocycles. The van der Waals surface area contributed by atoms with Gasteiger partial charge >= 0.3 is 6.09 Å². The van der Waals surface area contributed by atoms with Crippen molar-refractivity contribution in [2.45, 2.75) is 19.4 Å². The minimum Gasteiger partial charge on any atom is -0.448 e. The molecule has 1 saturated heterocycles. The van der Waals surface area contributed by atoms with Crippen molar-refractivity contribution >= 4 is 22.7 Å². The molecule has 0 unspecified atom stereocenters. The van der Waals surface area contributed by atoms with Crippen LogP contribution < -0.4 is 10.9 Å². The number of carbonyl (C=O) groups excluding carboxylic acids is 1. The van der Waals surface area contributed by atoms with Crippen LogP contribution in [-0.4, -0.2) is 51.6 Å². The van der Waals surface area contributed by atoms with Gasteiger partial charge in [-0.2, -0.15) is 5.10 Å². The summed E-state index contributed by atoms with van der Waals surface area (Å²) in [6.45, 7) is 3.40. The fourth-order valence-corrected chi connectivity index (χ4v) is 4.33. The van der Waals surface area contributed by atoms with E-state index in [1.54, 1.807) is 41.1 Å². The molecule has 0 spiro atoms. The smallest absolute Gasteiger partial charge is 0.411 e. The largest absolute Gasteiger partial charge is 0.448 e. The van der Waals surface area contributed by atoms with E-state index in [-0.39, 0.29) is 17.9 Å². The topological polar surface area (TPSA) is 81.4 Å². The third-order valence-corrected chi connectivity index (χ3v) is 6.10. The van der Waals surface area contributed by atoms with Crippen molar-refractivity contribution in [2.75, 3.05) is 31.6 Å². The van der Waals surface area contributed by atoms with Crippen LogP contribution in [0.1, 0.15) is 18.4 Å². The second-order valence-corrected chi connectivity index (χ2v) is 8.59. The van der Waals surface area contributed by atoms with E-state index in [2.05, 4.69) is 15.3 Å². The Hall–Kier alpha value is -3.98.